The van der Waals surface area contributed by atoms with Gasteiger partial charge in [-0.3, -0.25) is 14.4 Å². The number of rotatable bonds is 10. The number of hydrogen-bond donors (Lipinski definition) is 1. The summed E-state index contributed by atoms with van der Waals surface area (Å²) >= 11 is 6.17. The number of ketones is 2. The summed E-state index contributed by atoms with van der Waals surface area (Å²) in [6, 6.07) is 15.3. The molecule has 0 aliphatic heterocycles. The van der Waals surface area contributed by atoms with Crippen molar-refractivity contribution in [1.29, 1.82) is 0 Å². The van der Waals surface area contributed by atoms with Crippen molar-refractivity contribution in [2.45, 2.75) is 103 Å². The number of halogens is 1. The van der Waals surface area contributed by atoms with E-state index in [-0.39, 0.29) is 17.1 Å². The van der Waals surface area contributed by atoms with Gasteiger partial charge in [0.05, 0.1) is 17.7 Å². The summed E-state index contributed by atoms with van der Waals surface area (Å²) in [6.45, 7) is 4.02. The van der Waals surface area contributed by atoms with Crippen LogP contribution < -0.4 is 5.56 Å². The second-order valence-corrected chi connectivity index (χ2v) is 13.8. The van der Waals surface area contributed by atoms with E-state index in [1.165, 1.54) is 0 Å². The minimum atomic E-state index is -0.0426. The van der Waals surface area contributed by atoms with Crippen LogP contribution in [-0.4, -0.2) is 48.0 Å². The lowest BCUT2D eigenvalue weighted by molar-refractivity contribution is 0.0539. The number of aromatic amines is 1. The zero-order valence-corrected chi connectivity index (χ0v) is 29.5. The normalized spacial score (nSPS) is 21.1. The Morgan fingerprint density at radius 3 is 1.75 bits per heavy atom. The van der Waals surface area contributed by atoms with E-state index >= 15 is 0 Å². The summed E-state index contributed by atoms with van der Waals surface area (Å²) in [7, 11) is 3.54. The van der Waals surface area contributed by atoms with Crippen LogP contribution in [0, 0.1) is 11.8 Å². The van der Waals surface area contributed by atoms with Crippen LogP contribution in [0.4, 0.5) is 0 Å². The SMILES string of the molecule is CCc1cc2cc(C(=O)CC3CCC(OC)CC3)ccc2[nH]c1=O.CCc1cc2cc(C(=O)CC3CCC(OC)CC3)ccc2nc1Cl. The number of methoxy groups -OCH3 is 2. The van der Waals surface area contributed by atoms with Crippen molar-refractivity contribution in [3.05, 3.63) is 86.3 Å². The van der Waals surface area contributed by atoms with E-state index < -0.39 is 0 Å². The first kappa shape index (κ1) is 35.9. The minimum absolute atomic E-state index is 0.0426. The fraction of sp³-hybridized carbons (Fsp3) is 0.500. The van der Waals surface area contributed by atoms with Crippen molar-refractivity contribution in [1.82, 2.24) is 9.97 Å². The van der Waals surface area contributed by atoms with Gasteiger partial charge in [-0.05, 0) is 136 Å². The number of hydrogen-bond acceptors (Lipinski definition) is 6. The van der Waals surface area contributed by atoms with Crippen molar-refractivity contribution in [3.8, 4) is 0 Å². The first-order valence-corrected chi connectivity index (χ1v) is 18.0. The number of ether oxygens (including phenoxy) is 2. The zero-order chi connectivity index (χ0) is 34.2. The van der Waals surface area contributed by atoms with E-state index in [0.717, 1.165) is 102 Å². The summed E-state index contributed by atoms with van der Waals surface area (Å²) in [5.74, 6) is 1.36. The molecule has 1 N–H and O–H groups in total. The summed E-state index contributed by atoms with van der Waals surface area (Å²) in [5, 5.41) is 2.48. The molecular formula is C40H49ClN2O5. The number of H-pyrrole nitrogens is 1. The Bertz CT molecular complexity index is 1780. The van der Waals surface area contributed by atoms with Gasteiger partial charge >= 0.3 is 0 Å². The molecule has 4 aromatic rings. The van der Waals surface area contributed by atoms with E-state index in [9.17, 15) is 14.4 Å². The molecule has 0 unspecified atom stereocenters. The molecule has 8 heteroatoms. The Hall–Kier alpha value is -3.39. The topological polar surface area (TPSA) is 98.4 Å². The maximum Gasteiger partial charge on any atom is 0.251 e. The van der Waals surface area contributed by atoms with Gasteiger partial charge in [-0.1, -0.05) is 25.4 Å². The number of aryl methyl sites for hydroxylation is 2. The number of nitrogens with zero attached hydrogens (tertiary/aromatic N) is 1. The van der Waals surface area contributed by atoms with Crippen molar-refractivity contribution >= 4 is 45.0 Å². The third kappa shape index (κ3) is 8.99. The largest absolute Gasteiger partial charge is 0.381 e. The molecule has 2 aliphatic carbocycles. The number of pyridine rings is 2. The van der Waals surface area contributed by atoms with Crippen LogP contribution in [0.2, 0.25) is 5.15 Å². The highest BCUT2D eigenvalue weighted by Crippen LogP contribution is 2.31. The molecule has 0 saturated heterocycles. The molecule has 7 nitrogen and oxygen atoms in total. The predicted octanol–water partition coefficient (Wildman–Crippen LogP) is 9.10. The minimum Gasteiger partial charge on any atom is -0.381 e. The zero-order valence-electron chi connectivity index (χ0n) is 28.8. The monoisotopic (exact) mass is 672 g/mol. The molecule has 2 saturated carbocycles. The molecule has 0 amide bonds. The lowest BCUT2D eigenvalue weighted by atomic mass is 9.83. The second kappa shape index (κ2) is 16.8. The molecule has 0 bridgehead atoms. The van der Waals surface area contributed by atoms with E-state index in [0.29, 0.717) is 48.5 Å². The second-order valence-electron chi connectivity index (χ2n) is 13.5. The van der Waals surface area contributed by atoms with Crippen molar-refractivity contribution in [2.24, 2.45) is 11.8 Å². The van der Waals surface area contributed by atoms with Gasteiger partial charge in [0.2, 0.25) is 0 Å². The van der Waals surface area contributed by atoms with Gasteiger partial charge in [0.25, 0.3) is 5.56 Å². The quantitative estimate of drug-likeness (QED) is 0.133. The average molecular weight is 673 g/mol. The van der Waals surface area contributed by atoms with E-state index in [1.807, 2.05) is 55.5 Å². The number of benzene rings is 2. The lowest BCUT2D eigenvalue weighted by Gasteiger charge is -2.27. The highest BCUT2D eigenvalue weighted by atomic mass is 35.5. The molecule has 256 valence electrons. The van der Waals surface area contributed by atoms with Gasteiger partial charge in [0, 0.05) is 54.7 Å². The molecule has 6 rings (SSSR count). The maximum absolute atomic E-state index is 12.7. The van der Waals surface area contributed by atoms with Crippen molar-refractivity contribution in [2.75, 3.05) is 14.2 Å². The van der Waals surface area contributed by atoms with Crippen LogP contribution in [0.5, 0.6) is 0 Å². The van der Waals surface area contributed by atoms with Gasteiger partial charge in [-0.25, -0.2) is 4.98 Å². The van der Waals surface area contributed by atoms with Crippen LogP contribution in [0.3, 0.4) is 0 Å². The molecule has 2 aromatic carbocycles. The number of Topliss-reactive ketones (excluding diaryl/α,β-unsaturated/α-hetero) is 2. The number of carbonyl (C=O) groups excluding carboxylic acids is 2. The Kier molecular flexibility index (Phi) is 12.6. The Balaban J connectivity index is 0.000000188. The first-order valence-electron chi connectivity index (χ1n) is 17.6. The number of aromatic nitrogens is 2. The summed E-state index contributed by atoms with van der Waals surface area (Å²) < 4.78 is 10.8. The number of nitrogens with one attached hydrogen (secondary N) is 1. The summed E-state index contributed by atoms with van der Waals surface area (Å²) in [5.41, 5.74) is 4.88. The Morgan fingerprint density at radius 2 is 1.23 bits per heavy atom. The van der Waals surface area contributed by atoms with E-state index in [1.54, 1.807) is 14.2 Å². The Labute approximate surface area is 288 Å². The maximum atomic E-state index is 12.7. The molecule has 2 aromatic heterocycles. The van der Waals surface area contributed by atoms with Gasteiger partial charge in [-0.2, -0.15) is 0 Å². The average Bonchev–Trinajstić information content (AvgIpc) is 3.11. The predicted molar refractivity (Wildman–Crippen MR) is 193 cm³/mol. The highest BCUT2D eigenvalue weighted by molar-refractivity contribution is 6.30. The van der Waals surface area contributed by atoms with Crippen LogP contribution in [0.25, 0.3) is 21.8 Å². The third-order valence-electron chi connectivity index (χ3n) is 10.4. The highest BCUT2D eigenvalue weighted by Gasteiger charge is 2.24. The molecule has 48 heavy (non-hydrogen) atoms. The first-order chi connectivity index (χ1) is 23.2. The van der Waals surface area contributed by atoms with E-state index in [4.69, 9.17) is 21.1 Å². The van der Waals surface area contributed by atoms with Crippen molar-refractivity contribution < 1.29 is 19.1 Å². The van der Waals surface area contributed by atoms with Crippen molar-refractivity contribution in [3.63, 3.8) is 0 Å². The third-order valence-corrected chi connectivity index (χ3v) is 10.7. The fourth-order valence-electron chi connectivity index (χ4n) is 7.21. The van der Waals surface area contributed by atoms with Gasteiger partial charge < -0.3 is 14.5 Å². The Morgan fingerprint density at radius 1 is 0.729 bits per heavy atom. The standard InChI is InChI=1S/C20H24ClNO2.C20H25NO3/c1-3-14-11-16-12-15(6-9-18(16)22-20(14)21)19(23)10-13-4-7-17(24-2)8-5-13;1-3-14-11-16-12-15(6-9-18(16)21-20(14)23)19(22)10-13-4-7-17(24-2)8-5-13/h6,9,11-13,17H,3-5,7-8,10H2,1-2H3;6,9,11-13,17H,3-5,7-8,10H2,1-2H3,(H,21,23). The number of carbonyl (C=O) groups is 2. The van der Waals surface area contributed by atoms with E-state index in [2.05, 4.69) is 16.9 Å². The molecule has 0 atom stereocenters. The van der Waals surface area contributed by atoms with Crippen LogP contribution >= 0.6 is 11.6 Å². The fourth-order valence-corrected chi connectivity index (χ4v) is 7.49. The van der Waals surface area contributed by atoms with Crippen LogP contribution in [0.15, 0.2) is 53.3 Å². The molecule has 2 fully saturated rings. The molecule has 0 radical (unpaired) electrons. The van der Waals surface area contributed by atoms with Crippen LogP contribution in [-0.2, 0) is 22.3 Å². The van der Waals surface area contributed by atoms with Gasteiger partial charge in [-0.15, -0.1) is 0 Å². The lowest BCUT2D eigenvalue weighted by Crippen LogP contribution is -2.22. The molecular weight excluding hydrogens is 624 g/mol. The van der Waals surface area contributed by atoms with Gasteiger partial charge in [0.1, 0.15) is 5.15 Å². The summed E-state index contributed by atoms with van der Waals surface area (Å²) in [6.07, 6.45) is 12.0. The molecule has 0 spiro atoms. The molecule has 2 heterocycles. The smallest absolute Gasteiger partial charge is 0.251 e. The number of fused-ring (bicyclic) bond motifs is 2. The van der Waals surface area contributed by atoms with Crippen LogP contribution in [0.1, 0.15) is 110 Å². The van der Waals surface area contributed by atoms with Gasteiger partial charge in [0.15, 0.2) is 11.6 Å². The summed E-state index contributed by atoms with van der Waals surface area (Å²) in [4.78, 5) is 44.4. The molecule has 2 aliphatic rings.